The molecule has 0 saturated heterocycles. The summed E-state index contributed by atoms with van der Waals surface area (Å²) in [7, 11) is 0. The Hall–Kier alpha value is -9.06. The van der Waals surface area contributed by atoms with Crippen molar-refractivity contribution in [2.24, 2.45) is 0 Å². The Kier molecular flexibility index (Phi) is 22.2. The maximum Gasteiger partial charge on any atom is 0.333 e. The van der Waals surface area contributed by atoms with E-state index in [0.717, 1.165) is 22.3 Å². The molecule has 0 unspecified atom stereocenters. The number of esters is 6. The van der Waals surface area contributed by atoms with Gasteiger partial charge in [-0.25, -0.2) is 28.8 Å². The van der Waals surface area contributed by atoms with Gasteiger partial charge in [0.2, 0.25) is 11.5 Å². The van der Waals surface area contributed by atoms with E-state index in [1.165, 1.54) is 41.5 Å². The van der Waals surface area contributed by atoms with Crippen LogP contribution in [-0.2, 0) is 62.6 Å². The molecule has 0 amide bonds. The zero-order valence-electron chi connectivity index (χ0n) is 45.5. The Balaban J connectivity index is 1.84. The Bertz CT molecular complexity index is 2700. The number of carbonyl (C=O) groups is 6. The summed E-state index contributed by atoms with van der Waals surface area (Å²) in [6.45, 7) is 28.5. The second-order valence-corrected chi connectivity index (χ2v) is 18.0. The summed E-state index contributed by atoms with van der Waals surface area (Å²) in [4.78, 5) is 74.9. The smallest absolute Gasteiger partial charge is 0.333 e. The summed E-state index contributed by atoms with van der Waals surface area (Å²) in [5, 5.41) is 0. The van der Waals surface area contributed by atoms with E-state index in [1.54, 1.807) is 24.3 Å². The molecule has 0 atom stereocenters. The number of ether oxygens (including phenoxy) is 12. The van der Waals surface area contributed by atoms with Crippen molar-refractivity contribution in [2.75, 3.05) is 79.3 Å². The van der Waals surface area contributed by atoms with E-state index < -0.39 is 41.2 Å². The normalized spacial score (nSPS) is 11.5. The quantitative estimate of drug-likeness (QED) is 0.0170. The van der Waals surface area contributed by atoms with E-state index in [-0.39, 0.29) is 147 Å². The van der Waals surface area contributed by atoms with Crippen molar-refractivity contribution in [2.45, 2.75) is 47.0 Å². The summed E-state index contributed by atoms with van der Waals surface area (Å²) in [6, 6.07) is 22.4. The molecular weight excluding hydrogens is 1020 g/mol. The van der Waals surface area contributed by atoms with Gasteiger partial charge in [-0.05, 0) is 99.2 Å². The van der Waals surface area contributed by atoms with Crippen molar-refractivity contribution in [1.29, 1.82) is 0 Å². The van der Waals surface area contributed by atoms with Crippen LogP contribution in [0.1, 0.15) is 63.8 Å². The van der Waals surface area contributed by atoms with Gasteiger partial charge in [-0.1, -0.05) is 88.0 Å². The molecule has 0 fully saturated rings. The number of carbonyl (C=O) groups excluding carboxylic acids is 6. The van der Waals surface area contributed by atoms with Crippen LogP contribution < -0.4 is 28.4 Å². The lowest BCUT2D eigenvalue weighted by Gasteiger charge is -2.35. The molecule has 4 aromatic carbocycles. The molecule has 18 heteroatoms. The van der Waals surface area contributed by atoms with Crippen molar-refractivity contribution in [3.05, 3.63) is 168 Å². The fraction of sp³-hybridized carbons (Fsp3) is 0.311. The van der Waals surface area contributed by atoms with Crippen LogP contribution in [0.25, 0.3) is 11.1 Å². The van der Waals surface area contributed by atoms with Gasteiger partial charge < -0.3 is 56.8 Å². The molecule has 0 bridgehead atoms. The fourth-order valence-electron chi connectivity index (χ4n) is 7.76. The van der Waals surface area contributed by atoms with Gasteiger partial charge in [0.25, 0.3) is 0 Å². The van der Waals surface area contributed by atoms with Gasteiger partial charge in [-0.3, -0.25) is 0 Å². The zero-order chi connectivity index (χ0) is 57.8. The largest absolute Gasteiger partial charge is 0.486 e. The third-order valence-electron chi connectivity index (χ3n) is 11.4. The fourth-order valence-corrected chi connectivity index (χ4v) is 7.76. The molecule has 79 heavy (non-hydrogen) atoms. The highest BCUT2D eigenvalue weighted by Gasteiger charge is 2.48. The molecule has 0 radical (unpaired) electrons. The third kappa shape index (κ3) is 16.0. The topological polar surface area (TPSA) is 213 Å². The molecule has 0 aromatic heterocycles. The molecule has 0 spiro atoms. The summed E-state index contributed by atoms with van der Waals surface area (Å²) >= 11 is 0. The van der Waals surface area contributed by atoms with E-state index in [1.807, 2.05) is 48.5 Å². The number of hydrogen-bond acceptors (Lipinski definition) is 18. The van der Waals surface area contributed by atoms with Crippen LogP contribution in [-0.4, -0.2) is 115 Å². The first-order chi connectivity index (χ1) is 37.7. The Labute approximate surface area is 459 Å². The van der Waals surface area contributed by atoms with Gasteiger partial charge in [0.1, 0.15) is 79.3 Å². The van der Waals surface area contributed by atoms with E-state index in [2.05, 4.69) is 39.5 Å². The zero-order valence-corrected chi connectivity index (χ0v) is 45.5. The van der Waals surface area contributed by atoms with Crippen molar-refractivity contribution in [1.82, 2.24) is 0 Å². The van der Waals surface area contributed by atoms with Gasteiger partial charge in [-0.15, -0.1) is 0 Å². The molecule has 418 valence electrons. The van der Waals surface area contributed by atoms with Gasteiger partial charge in [-0.2, -0.15) is 0 Å². The first-order valence-electron chi connectivity index (χ1n) is 25.0. The highest BCUT2D eigenvalue weighted by atomic mass is 16.6. The van der Waals surface area contributed by atoms with E-state index in [0.29, 0.717) is 11.1 Å². The Morgan fingerprint density at radius 2 is 0.544 bits per heavy atom. The van der Waals surface area contributed by atoms with E-state index in [9.17, 15) is 28.8 Å². The van der Waals surface area contributed by atoms with Crippen LogP contribution in [0.15, 0.2) is 146 Å². The minimum Gasteiger partial charge on any atom is -0.486 e. The second-order valence-electron chi connectivity index (χ2n) is 18.0. The van der Waals surface area contributed by atoms with E-state index >= 15 is 0 Å². The summed E-state index contributed by atoms with van der Waals surface area (Å²) in [6.07, 6.45) is 0. The van der Waals surface area contributed by atoms with Crippen molar-refractivity contribution in [3.8, 4) is 45.6 Å². The molecule has 0 aliphatic heterocycles. The molecule has 0 N–H and O–H groups in total. The molecule has 0 saturated carbocycles. The molecule has 5 rings (SSSR count). The lowest BCUT2D eigenvalue weighted by atomic mass is 9.67. The molecule has 4 aromatic rings. The predicted molar refractivity (Wildman–Crippen MR) is 291 cm³/mol. The minimum atomic E-state index is -1.39. The Morgan fingerprint density at radius 1 is 0.329 bits per heavy atom. The average Bonchev–Trinajstić information content (AvgIpc) is 4.02. The average molecular weight is 1090 g/mol. The van der Waals surface area contributed by atoms with Crippen LogP contribution in [0.3, 0.4) is 0 Å². The minimum absolute atomic E-state index is 0.0417. The highest BCUT2D eigenvalue weighted by Crippen LogP contribution is 2.59. The standard InChI is InChI=1S/C61H66O18/c1-37(2)55(62)74-27-21-68-49-33-43(34-50(69-22-28-75-56(63)38(3)4)53(49)72-25-31-78-59(66)41(9)10)61(47-19-15-13-17-45(47)46-18-14-16-20-48(46)61)44-35-51(70-23-29-76-57(64)39(5)6)54(73-26-32-79-60(67)42(11)12)52(36-44)71-24-30-77-58(65)40(7)8/h13-20,33-36H,1,3,5,7,9,11,21-32H2,2,4,6,8,10,12H3. The van der Waals surface area contributed by atoms with Gasteiger partial charge >= 0.3 is 35.8 Å². The van der Waals surface area contributed by atoms with Crippen LogP contribution in [0.4, 0.5) is 0 Å². The van der Waals surface area contributed by atoms with Crippen LogP contribution >= 0.6 is 0 Å². The lowest BCUT2D eigenvalue weighted by molar-refractivity contribution is -0.140. The van der Waals surface area contributed by atoms with Gasteiger partial charge in [0, 0.05) is 33.4 Å². The number of rotatable bonds is 32. The number of fused-ring (bicyclic) bond motifs is 3. The van der Waals surface area contributed by atoms with E-state index in [4.69, 9.17) is 56.8 Å². The molecule has 18 nitrogen and oxygen atoms in total. The summed E-state index contributed by atoms with van der Waals surface area (Å²) in [5.41, 5.74) is 3.84. The maximum absolute atomic E-state index is 12.5. The third-order valence-corrected chi connectivity index (χ3v) is 11.4. The highest BCUT2D eigenvalue weighted by molar-refractivity contribution is 5.90. The van der Waals surface area contributed by atoms with Gasteiger partial charge in [0.15, 0.2) is 23.0 Å². The maximum atomic E-state index is 12.5. The SMILES string of the molecule is C=C(C)C(=O)OCCOc1cc(C2(c3cc(OCCOC(=O)C(=C)C)c(OCCOC(=O)C(=C)C)c(OCCOC(=O)C(=C)C)c3)c3ccccc3-c3ccccc32)cc(OCCOC(=O)C(=C)C)c1OCCOC(=O)C(=C)C. The van der Waals surface area contributed by atoms with Crippen LogP contribution in [0.5, 0.6) is 34.5 Å². The van der Waals surface area contributed by atoms with Crippen LogP contribution in [0.2, 0.25) is 0 Å². The summed E-state index contributed by atoms with van der Waals surface area (Å²) < 4.78 is 71.0. The summed E-state index contributed by atoms with van der Waals surface area (Å²) in [5.74, 6) is -3.41. The molecular formula is C61H66O18. The van der Waals surface area contributed by atoms with Crippen LogP contribution in [0, 0.1) is 0 Å². The van der Waals surface area contributed by atoms with Crippen molar-refractivity contribution in [3.63, 3.8) is 0 Å². The van der Waals surface area contributed by atoms with Crippen molar-refractivity contribution < 1.29 is 85.6 Å². The first-order valence-corrected chi connectivity index (χ1v) is 25.0. The predicted octanol–water partition coefficient (Wildman–Crippen LogP) is 9.04. The monoisotopic (exact) mass is 1090 g/mol. The Morgan fingerprint density at radius 3 is 0.772 bits per heavy atom. The second kappa shape index (κ2) is 28.9. The van der Waals surface area contributed by atoms with Gasteiger partial charge in [0.05, 0.1) is 5.41 Å². The molecule has 1 aliphatic carbocycles. The van der Waals surface area contributed by atoms with Crippen molar-refractivity contribution >= 4 is 35.8 Å². The number of hydrogen-bond donors (Lipinski definition) is 0. The lowest BCUT2D eigenvalue weighted by Crippen LogP contribution is -2.29. The number of benzene rings is 4. The molecule has 1 aliphatic rings. The first kappa shape index (κ1) is 60.8. The molecule has 0 heterocycles.